The third-order valence-corrected chi connectivity index (χ3v) is 4.03. The van der Waals surface area contributed by atoms with Crippen LogP contribution in [0.3, 0.4) is 0 Å². The van der Waals surface area contributed by atoms with E-state index in [2.05, 4.69) is 41.3 Å². The molecule has 0 unspecified atom stereocenters. The Morgan fingerprint density at radius 2 is 2.11 bits per heavy atom. The number of hydrogen-bond donors (Lipinski definition) is 1. The summed E-state index contributed by atoms with van der Waals surface area (Å²) in [6.07, 6.45) is 9.20. The van der Waals surface area contributed by atoms with Crippen molar-refractivity contribution in [2.45, 2.75) is 52.3 Å². The van der Waals surface area contributed by atoms with Crippen LogP contribution in [-0.4, -0.2) is 40.7 Å². The van der Waals surface area contributed by atoms with E-state index >= 15 is 0 Å². The molecule has 5 heteroatoms. The molecule has 0 fully saturated rings. The molecular weight excluding hydrogens is 338 g/mol. The second kappa shape index (κ2) is 9.38. The van der Waals surface area contributed by atoms with E-state index in [9.17, 15) is 4.79 Å². The lowest BCUT2D eigenvalue weighted by Crippen LogP contribution is -2.44. The summed E-state index contributed by atoms with van der Waals surface area (Å²) >= 11 is 0. The Labute approximate surface area is 162 Å². The van der Waals surface area contributed by atoms with Crippen molar-refractivity contribution in [3.8, 4) is 12.3 Å². The quantitative estimate of drug-likeness (QED) is 0.752. The summed E-state index contributed by atoms with van der Waals surface area (Å²) in [7, 11) is 0. The van der Waals surface area contributed by atoms with Crippen LogP contribution in [0.5, 0.6) is 0 Å². The Hall–Kier alpha value is -2.58. The highest BCUT2D eigenvalue weighted by molar-refractivity contribution is 5.81. The molecule has 0 aliphatic heterocycles. The Balaban J connectivity index is 1.94. The van der Waals surface area contributed by atoms with Crippen LogP contribution >= 0.6 is 0 Å². The Morgan fingerprint density at radius 3 is 2.81 bits per heavy atom. The maximum atomic E-state index is 12.4. The summed E-state index contributed by atoms with van der Waals surface area (Å²) in [6.45, 7) is 9.38. The van der Waals surface area contributed by atoms with Crippen LogP contribution in [0.1, 0.15) is 39.7 Å². The fourth-order valence-electron chi connectivity index (χ4n) is 2.71. The summed E-state index contributed by atoms with van der Waals surface area (Å²) in [5.41, 5.74) is 0.662. The largest absolute Gasteiger partial charge is 0.444 e. The summed E-state index contributed by atoms with van der Waals surface area (Å²) in [6, 6.07) is 8.42. The van der Waals surface area contributed by atoms with Gasteiger partial charge in [0, 0.05) is 49.9 Å². The Bertz CT molecular complexity index is 805. The molecule has 2 rings (SSSR count). The van der Waals surface area contributed by atoms with Crippen molar-refractivity contribution in [3.05, 3.63) is 42.2 Å². The van der Waals surface area contributed by atoms with Gasteiger partial charge >= 0.3 is 6.09 Å². The molecule has 5 nitrogen and oxygen atoms in total. The molecule has 0 bridgehead atoms. The van der Waals surface area contributed by atoms with Gasteiger partial charge in [-0.3, -0.25) is 4.98 Å². The minimum absolute atomic E-state index is 0.100. The van der Waals surface area contributed by atoms with E-state index in [0.717, 1.165) is 11.9 Å². The number of nitrogens with one attached hydrogen (secondary N) is 1. The third kappa shape index (κ3) is 6.92. The van der Waals surface area contributed by atoms with Crippen LogP contribution in [0, 0.1) is 12.3 Å². The summed E-state index contributed by atoms with van der Waals surface area (Å²) in [4.78, 5) is 18.2. The third-order valence-electron chi connectivity index (χ3n) is 4.03. The van der Waals surface area contributed by atoms with Crippen LogP contribution < -0.4 is 5.32 Å². The number of aromatic nitrogens is 1. The van der Waals surface area contributed by atoms with Crippen molar-refractivity contribution < 1.29 is 9.53 Å². The van der Waals surface area contributed by atoms with Crippen LogP contribution in [0.15, 0.2) is 36.7 Å². The normalized spacial score (nSPS) is 12.4. The molecular formula is C22H29N3O2. The van der Waals surface area contributed by atoms with E-state index in [0.29, 0.717) is 19.5 Å². The fraction of sp³-hybridized carbons (Fsp3) is 0.455. The molecule has 0 saturated carbocycles. The van der Waals surface area contributed by atoms with Crippen molar-refractivity contribution in [2.24, 2.45) is 0 Å². The van der Waals surface area contributed by atoms with Gasteiger partial charge in [0.15, 0.2) is 0 Å². The number of ether oxygens (including phenoxy) is 1. The number of benzene rings is 1. The van der Waals surface area contributed by atoms with E-state index in [4.69, 9.17) is 11.2 Å². The number of fused-ring (bicyclic) bond motifs is 1. The first kappa shape index (κ1) is 20.7. The first-order valence-electron chi connectivity index (χ1n) is 9.26. The van der Waals surface area contributed by atoms with Gasteiger partial charge in [0.25, 0.3) is 0 Å². The van der Waals surface area contributed by atoms with Gasteiger partial charge in [-0.2, -0.15) is 0 Å². The maximum Gasteiger partial charge on any atom is 0.410 e. The van der Waals surface area contributed by atoms with Gasteiger partial charge in [0.2, 0.25) is 0 Å². The highest BCUT2D eigenvalue weighted by atomic mass is 16.6. The second-order valence-corrected chi connectivity index (χ2v) is 7.72. The molecule has 1 heterocycles. The standard InChI is InChI=1S/C22H29N3O2/c1-6-7-12-25(21(26)27-22(3,4)5)16-17(2)24-14-18-8-9-20-15-23-11-10-19(20)13-18/h1,8-11,13,15,17,24H,7,12,14,16H2,2-5H3/t17-/m1/s1. The Morgan fingerprint density at radius 1 is 1.33 bits per heavy atom. The van der Waals surface area contributed by atoms with Crippen molar-refractivity contribution in [3.63, 3.8) is 0 Å². The molecule has 0 aliphatic rings. The molecule has 1 amide bonds. The number of nitrogens with zero attached hydrogens (tertiary/aromatic N) is 2. The van der Waals surface area contributed by atoms with Crippen LogP contribution in [0.25, 0.3) is 10.8 Å². The molecule has 1 atom stereocenters. The second-order valence-electron chi connectivity index (χ2n) is 7.72. The zero-order valence-electron chi connectivity index (χ0n) is 16.7. The number of carbonyl (C=O) groups excluding carboxylic acids is 1. The predicted octanol–water partition coefficient (Wildman–Crippen LogP) is 3.97. The van der Waals surface area contributed by atoms with Gasteiger partial charge in [-0.15, -0.1) is 12.3 Å². The SMILES string of the molecule is C#CCCN(C[C@@H](C)NCc1ccc2cnccc2c1)C(=O)OC(C)(C)C. The number of hydrogen-bond acceptors (Lipinski definition) is 4. The van der Waals surface area contributed by atoms with E-state index in [-0.39, 0.29) is 12.1 Å². The molecule has 0 spiro atoms. The highest BCUT2D eigenvalue weighted by Crippen LogP contribution is 2.15. The van der Waals surface area contributed by atoms with Crippen molar-refractivity contribution in [2.75, 3.05) is 13.1 Å². The van der Waals surface area contributed by atoms with Crippen LogP contribution in [0.4, 0.5) is 4.79 Å². The smallest absolute Gasteiger partial charge is 0.410 e. The van der Waals surface area contributed by atoms with Crippen molar-refractivity contribution in [1.29, 1.82) is 0 Å². The molecule has 0 radical (unpaired) electrons. The molecule has 27 heavy (non-hydrogen) atoms. The van der Waals surface area contributed by atoms with E-state index in [1.54, 1.807) is 11.1 Å². The van der Waals surface area contributed by atoms with Crippen molar-refractivity contribution >= 4 is 16.9 Å². The van der Waals surface area contributed by atoms with Gasteiger partial charge in [-0.05, 0) is 50.8 Å². The van der Waals surface area contributed by atoms with Crippen LogP contribution in [0.2, 0.25) is 0 Å². The van der Waals surface area contributed by atoms with Crippen molar-refractivity contribution in [1.82, 2.24) is 15.2 Å². The van der Waals surface area contributed by atoms with Gasteiger partial charge in [0.1, 0.15) is 5.60 Å². The molecule has 0 aliphatic carbocycles. The molecule has 1 aromatic heterocycles. The zero-order chi connectivity index (χ0) is 19.9. The lowest BCUT2D eigenvalue weighted by atomic mass is 10.1. The molecule has 1 aromatic carbocycles. The number of pyridine rings is 1. The topological polar surface area (TPSA) is 54.5 Å². The van der Waals surface area contributed by atoms with E-state index < -0.39 is 5.60 Å². The monoisotopic (exact) mass is 367 g/mol. The van der Waals surface area contributed by atoms with Gasteiger partial charge in [-0.1, -0.05) is 12.1 Å². The fourth-order valence-corrected chi connectivity index (χ4v) is 2.71. The molecule has 0 saturated heterocycles. The number of amides is 1. The first-order valence-corrected chi connectivity index (χ1v) is 9.26. The van der Waals surface area contributed by atoms with Gasteiger partial charge in [-0.25, -0.2) is 4.79 Å². The average molecular weight is 367 g/mol. The minimum atomic E-state index is -0.526. The lowest BCUT2D eigenvalue weighted by Gasteiger charge is -2.29. The number of carbonyl (C=O) groups is 1. The highest BCUT2D eigenvalue weighted by Gasteiger charge is 2.23. The molecule has 144 valence electrons. The zero-order valence-corrected chi connectivity index (χ0v) is 16.7. The number of rotatable bonds is 7. The van der Waals surface area contributed by atoms with Crippen LogP contribution in [-0.2, 0) is 11.3 Å². The lowest BCUT2D eigenvalue weighted by molar-refractivity contribution is 0.0239. The van der Waals surface area contributed by atoms with E-state index in [1.807, 2.05) is 33.0 Å². The average Bonchev–Trinajstić information content (AvgIpc) is 2.61. The number of terminal acetylenes is 1. The summed E-state index contributed by atoms with van der Waals surface area (Å²) in [5, 5.41) is 5.76. The van der Waals surface area contributed by atoms with Gasteiger partial charge in [0.05, 0.1) is 0 Å². The first-order chi connectivity index (χ1) is 12.8. The predicted molar refractivity (Wildman–Crippen MR) is 109 cm³/mol. The molecule has 1 N–H and O–H groups in total. The summed E-state index contributed by atoms with van der Waals surface area (Å²) in [5.74, 6) is 2.59. The molecule has 2 aromatic rings. The summed E-state index contributed by atoms with van der Waals surface area (Å²) < 4.78 is 5.49. The Kier molecular flexibility index (Phi) is 7.20. The van der Waals surface area contributed by atoms with E-state index in [1.165, 1.54) is 10.9 Å². The maximum absolute atomic E-state index is 12.4. The van der Waals surface area contributed by atoms with Gasteiger partial charge < -0.3 is 15.0 Å². The minimum Gasteiger partial charge on any atom is -0.444 e.